The molecule has 3 N–H and O–H groups in total. The van der Waals surface area contributed by atoms with E-state index in [0.717, 1.165) is 0 Å². The normalized spacial score (nSPS) is 28.3. The van der Waals surface area contributed by atoms with E-state index in [9.17, 15) is 9.90 Å². The Hall–Kier alpha value is -1.13. The highest BCUT2D eigenvalue weighted by Gasteiger charge is 2.21. The minimum absolute atomic E-state index is 0.234. The number of carboxylic acids is 1. The Morgan fingerprint density at radius 2 is 2.17 bits per heavy atom. The van der Waals surface area contributed by atoms with Gasteiger partial charge in [0.1, 0.15) is 12.2 Å². The molecule has 1 aliphatic carbocycles. The van der Waals surface area contributed by atoms with E-state index in [-0.39, 0.29) is 6.42 Å². The number of allylic oxidation sites excluding steroid dienone is 2. The topological polar surface area (TPSA) is 77.8 Å². The number of hydrogen-bond acceptors (Lipinski definition) is 3. The molecule has 0 bridgehead atoms. The maximum absolute atomic E-state index is 10.3. The molecule has 0 aromatic carbocycles. The second kappa shape index (κ2) is 3.51. The Morgan fingerprint density at radius 1 is 1.50 bits per heavy atom. The summed E-state index contributed by atoms with van der Waals surface area (Å²) in [5.41, 5.74) is 0.331. The van der Waals surface area contributed by atoms with Crippen molar-refractivity contribution in [2.75, 3.05) is 0 Å². The number of aliphatic hydroxyl groups excluding tert-OH is 2. The van der Waals surface area contributed by atoms with Crippen LogP contribution in [0.3, 0.4) is 0 Å². The second-order valence-electron chi connectivity index (χ2n) is 2.63. The molecule has 0 saturated carbocycles. The molecule has 66 valence electrons. The van der Waals surface area contributed by atoms with Gasteiger partial charge in [-0.3, -0.25) is 4.79 Å². The number of carboxylic acid groups (broad SMARTS) is 1. The maximum Gasteiger partial charge on any atom is 0.307 e. The van der Waals surface area contributed by atoms with Gasteiger partial charge in [-0.2, -0.15) is 0 Å². The van der Waals surface area contributed by atoms with Gasteiger partial charge in [0.2, 0.25) is 0 Å². The molecule has 0 aromatic rings. The zero-order valence-electron chi connectivity index (χ0n) is 6.34. The molecule has 0 fully saturated rings. The maximum atomic E-state index is 10.3. The van der Waals surface area contributed by atoms with Gasteiger partial charge < -0.3 is 15.3 Å². The summed E-state index contributed by atoms with van der Waals surface area (Å²) in [4.78, 5) is 10.3. The van der Waals surface area contributed by atoms with Gasteiger partial charge in [-0.05, 0) is 5.57 Å². The minimum atomic E-state index is -1.08. The van der Waals surface area contributed by atoms with Crippen LogP contribution in [0.1, 0.15) is 6.42 Å². The van der Waals surface area contributed by atoms with Crippen molar-refractivity contribution < 1.29 is 20.1 Å². The van der Waals surface area contributed by atoms with E-state index in [1.165, 1.54) is 18.2 Å². The number of aliphatic hydroxyl groups is 2. The molecule has 2 atom stereocenters. The van der Waals surface area contributed by atoms with E-state index in [2.05, 4.69) is 0 Å². The summed E-state index contributed by atoms with van der Waals surface area (Å²) in [6, 6.07) is 0. The summed E-state index contributed by atoms with van der Waals surface area (Å²) in [5, 5.41) is 26.8. The van der Waals surface area contributed by atoms with Gasteiger partial charge in [0.15, 0.2) is 0 Å². The first-order valence-electron chi connectivity index (χ1n) is 3.56. The lowest BCUT2D eigenvalue weighted by atomic mass is 9.97. The summed E-state index contributed by atoms with van der Waals surface area (Å²) in [6.07, 6.45) is 2.16. The summed E-state index contributed by atoms with van der Waals surface area (Å²) in [6.45, 7) is 0. The lowest BCUT2D eigenvalue weighted by molar-refractivity contribution is -0.136. The number of carbonyl (C=O) groups is 1. The van der Waals surface area contributed by atoms with Crippen LogP contribution in [0.2, 0.25) is 0 Å². The summed E-state index contributed by atoms with van der Waals surface area (Å²) in [7, 11) is 0. The zero-order chi connectivity index (χ0) is 9.14. The fraction of sp³-hybridized carbons (Fsp3) is 0.375. The van der Waals surface area contributed by atoms with E-state index < -0.39 is 18.2 Å². The molecule has 0 heterocycles. The Kier molecular flexibility index (Phi) is 2.62. The van der Waals surface area contributed by atoms with Gasteiger partial charge in [0, 0.05) is 0 Å². The van der Waals surface area contributed by atoms with Crippen molar-refractivity contribution in [2.24, 2.45) is 0 Å². The molecule has 0 amide bonds. The quantitative estimate of drug-likeness (QED) is 0.530. The molecule has 0 saturated heterocycles. The molecule has 4 nitrogen and oxygen atoms in total. The molecule has 12 heavy (non-hydrogen) atoms. The first-order chi connectivity index (χ1) is 5.61. The molecule has 0 unspecified atom stereocenters. The van der Waals surface area contributed by atoms with Crippen LogP contribution in [0.4, 0.5) is 0 Å². The largest absolute Gasteiger partial charge is 0.481 e. The van der Waals surface area contributed by atoms with Crippen molar-refractivity contribution >= 4 is 5.97 Å². The number of hydrogen-bond donors (Lipinski definition) is 3. The van der Waals surface area contributed by atoms with Crippen LogP contribution in [-0.2, 0) is 4.79 Å². The summed E-state index contributed by atoms with van der Waals surface area (Å²) in [5.74, 6) is -1.01. The second-order valence-corrected chi connectivity index (χ2v) is 2.63. The monoisotopic (exact) mass is 170 g/mol. The SMILES string of the molecule is O=C(O)CC1=CC=C[C@H](O)[C@@H]1O. The average molecular weight is 170 g/mol. The standard InChI is InChI=1S/C8H10O4/c9-6-3-1-2-5(8(6)12)4-7(10)11/h1-3,6,8-9,12H,4H2,(H,10,11)/t6-,8+/m0/s1. The van der Waals surface area contributed by atoms with Crippen molar-refractivity contribution in [1.29, 1.82) is 0 Å². The zero-order valence-corrected chi connectivity index (χ0v) is 6.34. The first-order valence-corrected chi connectivity index (χ1v) is 3.56. The van der Waals surface area contributed by atoms with Crippen LogP contribution in [0.15, 0.2) is 23.8 Å². The van der Waals surface area contributed by atoms with Crippen LogP contribution in [0.5, 0.6) is 0 Å². The van der Waals surface area contributed by atoms with Crippen molar-refractivity contribution in [3.63, 3.8) is 0 Å². The first kappa shape index (κ1) is 8.96. The highest BCUT2D eigenvalue weighted by Crippen LogP contribution is 2.16. The molecule has 1 aliphatic rings. The highest BCUT2D eigenvalue weighted by atomic mass is 16.4. The highest BCUT2D eigenvalue weighted by molar-refractivity contribution is 5.70. The van der Waals surface area contributed by atoms with E-state index in [1.54, 1.807) is 0 Å². The fourth-order valence-corrected chi connectivity index (χ4v) is 1.05. The van der Waals surface area contributed by atoms with Gasteiger partial charge >= 0.3 is 5.97 Å². The van der Waals surface area contributed by atoms with E-state index in [0.29, 0.717) is 5.57 Å². The third kappa shape index (κ3) is 1.93. The molecule has 4 heteroatoms. The fourth-order valence-electron chi connectivity index (χ4n) is 1.05. The molecular weight excluding hydrogens is 160 g/mol. The minimum Gasteiger partial charge on any atom is -0.481 e. The molecule has 0 aromatic heterocycles. The lowest BCUT2D eigenvalue weighted by Gasteiger charge is -2.19. The smallest absolute Gasteiger partial charge is 0.307 e. The summed E-state index contributed by atoms with van der Waals surface area (Å²) >= 11 is 0. The number of rotatable bonds is 2. The van der Waals surface area contributed by atoms with E-state index in [4.69, 9.17) is 10.2 Å². The van der Waals surface area contributed by atoms with Crippen molar-refractivity contribution in [2.45, 2.75) is 18.6 Å². The molecular formula is C8H10O4. The number of aliphatic carboxylic acids is 1. The molecule has 0 aliphatic heterocycles. The predicted molar refractivity (Wildman–Crippen MR) is 41.5 cm³/mol. The van der Waals surface area contributed by atoms with E-state index >= 15 is 0 Å². The van der Waals surface area contributed by atoms with E-state index in [1.807, 2.05) is 0 Å². The third-order valence-corrected chi connectivity index (χ3v) is 1.68. The third-order valence-electron chi connectivity index (χ3n) is 1.68. The Labute approximate surface area is 69.5 Å². The van der Waals surface area contributed by atoms with Crippen LogP contribution in [0, 0.1) is 0 Å². The lowest BCUT2D eigenvalue weighted by Crippen LogP contribution is -2.28. The van der Waals surface area contributed by atoms with Gasteiger partial charge in [-0.25, -0.2) is 0 Å². The predicted octanol–water partition coefficient (Wildman–Crippen LogP) is -0.321. The van der Waals surface area contributed by atoms with Crippen molar-refractivity contribution in [3.8, 4) is 0 Å². The summed E-state index contributed by atoms with van der Waals surface area (Å²) < 4.78 is 0. The van der Waals surface area contributed by atoms with Crippen molar-refractivity contribution in [3.05, 3.63) is 23.8 Å². The van der Waals surface area contributed by atoms with Crippen molar-refractivity contribution in [1.82, 2.24) is 0 Å². The Bertz CT molecular complexity index is 241. The van der Waals surface area contributed by atoms with Gasteiger partial charge in [-0.15, -0.1) is 0 Å². The van der Waals surface area contributed by atoms with Crippen LogP contribution < -0.4 is 0 Å². The molecule has 1 rings (SSSR count). The van der Waals surface area contributed by atoms with Gasteiger partial charge in [-0.1, -0.05) is 18.2 Å². The Balaban J connectivity index is 2.69. The van der Waals surface area contributed by atoms with Crippen LogP contribution in [-0.4, -0.2) is 33.5 Å². The average Bonchev–Trinajstić information content (AvgIpc) is 1.98. The Morgan fingerprint density at radius 3 is 2.75 bits per heavy atom. The van der Waals surface area contributed by atoms with Gasteiger partial charge in [0.05, 0.1) is 6.42 Å². The van der Waals surface area contributed by atoms with Crippen LogP contribution in [0.25, 0.3) is 0 Å². The van der Waals surface area contributed by atoms with Gasteiger partial charge in [0.25, 0.3) is 0 Å². The van der Waals surface area contributed by atoms with Crippen LogP contribution >= 0.6 is 0 Å². The molecule has 0 radical (unpaired) electrons. The molecule has 0 spiro atoms.